The van der Waals surface area contributed by atoms with Crippen LogP contribution in [0.25, 0.3) is 0 Å². The van der Waals surface area contributed by atoms with E-state index in [9.17, 15) is 0 Å². The second-order valence-electron chi connectivity index (χ2n) is 14.4. The van der Waals surface area contributed by atoms with E-state index in [2.05, 4.69) is 100 Å². The first kappa shape index (κ1) is 36.3. The summed E-state index contributed by atoms with van der Waals surface area (Å²) in [4.78, 5) is 0. The van der Waals surface area contributed by atoms with Gasteiger partial charge in [-0.25, -0.2) is 0 Å². The van der Waals surface area contributed by atoms with Crippen LogP contribution in [0.15, 0.2) is 72.8 Å². The van der Waals surface area contributed by atoms with Crippen molar-refractivity contribution in [1.82, 2.24) is 0 Å². The predicted molar refractivity (Wildman–Crippen MR) is 207 cm³/mol. The Balaban J connectivity index is 0.941. The standard InChI is InChI=1S/C45H62N2/c1-34-28-42(29-35(2)44(34)46)32-40-24-20-38(21-25-40)18-16-14-12-10-8-6-5-7-9-11-13-15-17-19-39-22-26-41(27-23-39)33-43-30-36(3)45(47)37(4)31-43/h20-31H,5-19,32-33,46-47H2,1-4H3. The minimum Gasteiger partial charge on any atom is -0.398 e. The van der Waals surface area contributed by atoms with Crippen molar-refractivity contribution in [3.63, 3.8) is 0 Å². The highest BCUT2D eigenvalue weighted by molar-refractivity contribution is 5.55. The van der Waals surface area contributed by atoms with Gasteiger partial charge in [-0.2, -0.15) is 0 Å². The molecule has 0 fully saturated rings. The van der Waals surface area contributed by atoms with Crippen molar-refractivity contribution in [2.45, 2.75) is 137 Å². The minimum atomic E-state index is 0.924. The molecule has 2 nitrogen and oxygen atoms in total. The summed E-state index contributed by atoms with van der Waals surface area (Å²) in [5.74, 6) is 0. The van der Waals surface area contributed by atoms with E-state index in [1.54, 1.807) is 0 Å². The van der Waals surface area contributed by atoms with Gasteiger partial charge in [0.2, 0.25) is 0 Å². The van der Waals surface area contributed by atoms with Gasteiger partial charge in [0.1, 0.15) is 0 Å². The SMILES string of the molecule is Cc1cc(Cc2ccc(CCCCCCCCCCCCCCCc3ccc(Cc4cc(C)c(N)c(C)c4)cc3)cc2)cc(C)c1N. The summed E-state index contributed by atoms with van der Waals surface area (Å²) in [7, 11) is 0. The van der Waals surface area contributed by atoms with Crippen LogP contribution in [0.1, 0.15) is 139 Å². The fourth-order valence-corrected chi connectivity index (χ4v) is 7.05. The molecule has 0 amide bonds. The third-order valence-corrected chi connectivity index (χ3v) is 10.1. The van der Waals surface area contributed by atoms with Crippen LogP contribution >= 0.6 is 0 Å². The van der Waals surface area contributed by atoms with Gasteiger partial charge in [0.15, 0.2) is 0 Å². The van der Waals surface area contributed by atoms with Crippen molar-refractivity contribution in [3.05, 3.63) is 128 Å². The van der Waals surface area contributed by atoms with E-state index in [1.165, 1.54) is 152 Å². The van der Waals surface area contributed by atoms with E-state index in [0.717, 1.165) is 24.2 Å². The number of anilines is 2. The molecule has 0 heterocycles. The maximum absolute atomic E-state index is 6.12. The quantitative estimate of drug-likeness (QED) is 0.0754. The van der Waals surface area contributed by atoms with Crippen molar-refractivity contribution >= 4 is 11.4 Å². The number of benzene rings is 4. The summed E-state index contributed by atoms with van der Waals surface area (Å²) >= 11 is 0. The normalized spacial score (nSPS) is 11.3. The van der Waals surface area contributed by atoms with E-state index in [-0.39, 0.29) is 0 Å². The molecule has 0 aliphatic carbocycles. The Morgan fingerprint density at radius 2 is 0.553 bits per heavy atom. The van der Waals surface area contributed by atoms with Crippen LogP contribution in [0.3, 0.4) is 0 Å². The van der Waals surface area contributed by atoms with Crippen LogP contribution in [0, 0.1) is 27.7 Å². The third kappa shape index (κ3) is 12.5. The van der Waals surface area contributed by atoms with Gasteiger partial charge in [0, 0.05) is 11.4 Å². The second-order valence-corrected chi connectivity index (χ2v) is 14.4. The summed E-state index contributed by atoms with van der Waals surface area (Å²) in [6.07, 6.45) is 22.4. The lowest BCUT2D eigenvalue weighted by Crippen LogP contribution is -1.97. The third-order valence-electron chi connectivity index (χ3n) is 10.1. The lowest BCUT2D eigenvalue weighted by Gasteiger charge is -2.10. The molecule has 0 spiro atoms. The van der Waals surface area contributed by atoms with Gasteiger partial charge in [0.25, 0.3) is 0 Å². The van der Waals surface area contributed by atoms with E-state index in [0.29, 0.717) is 0 Å². The van der Waals surface area contributed by atoms with Crippen molar-refractivity contribution in [3.8, 4) is 0 Å². The van der Waals surface area contributed by atoms with Gasteiger partial charge in [-0.3, -0.25) is 0 Å². The molecular weight excluding hydrogens is 569 g/mol. The molecule has 0 bridgehead atoms. The monoisotopic (exact) mass is 630 g/mol. The number of unbranched alkanes of at least 4 members (excludes halogenated alkanes) is 12. The number of rotatable bonds is 20. The molecule has 252 valence electrons. The molecule has 0 aliphatic rings. The van der Waals surface area contributed by atoms with Gasteiger partial charge >= 0.3 is 0 Å². The summed E-state index contributed by atoms with van der Waals surface area (Å²) in [5, 5.41) is 0. The van der Waals surface area contributed by atoms with E-state index in [1.807, 2.05) is 0 Å². The second kappa shape index (κ2) is 19.3. The first-order valence-corrected chi connectivity index (χ1v) is 18.7. The topological polar surface area (TPSA) is 52.0 Å². The van der Waals surface area contributed by atoms with Crippen molar-refractivity contribution in [2.24, 2.45) is 0 Å². The first-order valence-electron chi connectivity index (χ1n) is 18.7. The minimum absolute atomic E-state index is 0.924. The highest BCUT2D eigenvalue weighted by atomic mass is 14.6. The van der Waals surface area contributed by atoms with Crippen LogP contribution in [0.5, 0.6) is 0 Å². The van der Waals surface area contributed by atoms with Crippen LogP contribution in [0.2, 0.25) is 0 Å². The van der Waals surface area contributed by atoms with Gasteiger partial charge in [0.05, 0.1) is 0 Å². The van der Waals surface area contributed by atoms with Crippen molar-refractivity contribution in [1.29, 1.82) is 0 Å². The molecule has 4 rings (SSSR count). The van der Waals surface area contributed by atoms with E-state index < -0.39 is 0 Å². The number of hydrogen-bond acceptors (Lipinski definition) is 2. The fraction of sp³-hybridized carbons (Fsp3) is 0.467. The van der Waals surface area contributed by atoms with E-state index >= 15 is 0 Å². The largest absolute Gasteiger partial charge is 0.398 e. The van der Waals surface area contributed by atoms with Gasteiger partial charge < -0.3 is 11.5 Å². The zero-order chi connectivity index (χ0) is 33.4. The zero-order valence-electron chi connectivity index (χ0n) is 30.1. The summed E-state index contributed by atoms with van der Waals surface area (Å²) in [5.41, 5.74) is 27.2. The summed E-state index contributed by atoms with van der Waals surface area (Å²) in [6, 6.07) is 27.5. The lowest BCUT2D eigenvalue weighted by atomic mass is 9.97. The number of nitrogens with two attached hydrogens (primary N) is 2. The van der Waals surface area contributed by atoms with Crippen LogP contribution in [-0.4, -0.2) is 0 Å². The molecule has 0 radical (unpaired) electrons. The Bertz CT molecular complexity index is 1340. The Hall–Kier alpha value is -3.52. The smallest absolute Gasteiger partial charge is 0.0373 e. The highest BCUT2D eigenvalue weighted by Crippen LogP contribution is 2.23. The van der Waals surface area contributed by atoms with Gasteiger partial charge in [-0.1, -0.05) is 143 Å². The first-order chi connectivity index (χ1) is 22.8. The van der Waals surface area contributed by atoms with Crippen LogP contribution in [-0.2, 0) is 25.7 Å². The molecule has 2 heteroatoms. The summed E-state index contributed by atoms with van der Waals surface area (Å²) in [6.45, 7) is 8.41. The zero-order valence-corrected chi connectivity index (χ0v) is 30.1. The Morgan fingerprint density at radius 1 is 0.319 bits per heavy atom. The molecular formula is C45H62N2. The number of hydrogen-bond donors (Lipinski definition) is 2. The average Bonchev–Trinajstić information content (AvgIpc) is 3.05. The predicted octanol–water partition coefficient (Wildman–Crippen LogP) is 12.1. The molecule has 0 saturated carbocycles. The van der Waals surface area contributed by atoms with Crippen LogP contribution < -0.4 is 11.5 Å². The molecule has 0 aromatic heterocycles. The van der Waals surface area contributed by atoms with Crippen molar-refractivity contribution < 1.29 is 0 Å². The van der Waals surface area contributed by atoms with E-state index in [4.69, 9.17) is 11.5 Å². The average molecular weight is 631 g/mol. The maximum Gasteiger partial charge on any atom is 0.0373 e. The fourth-order valence-electron chi connectivity index (χ4n) is 7.05. The molecule has 4 N–H and O–H groups in total. The number of nitrogen functional groups attached to an aromatic ring is 2. The molecule has 4 aromatic rings. The Kier molecular flexibility index (Phi) is 14.9. The highest BCUT2D eigenvalue weighted by Gasteiger charge is 2.05. The Labute approximate surface area is 287 Å². The lowest BCUT2D eigenvalue weighted by molar-refractivity contribution is 0.536. The summed E-state index contributed by atoms with van der Waals surface area (Å²) < 4.78 is 0. The van der Waals surface area contributed by atoms with Gasteiger partial charge in [-0.15, -0.1) is 0 Å². The molecule has 0 saturated heterocycles. The maximum atomic E-state index is 6.12. The molecule has 0 aliphatic heterocycles. The van der Waals surface area contributed by atoms with Crippen molar-refractivity contribution in [2.75, 3.05) is 11.5 Å². The molecule has 47 heavy (non-hydrogen) atoms. The Morgan fingerprint density at radius 3 is 0.830 bits per heavy atom. The molecule has 4 aromatic carbocycles. The number of aryl methyl sites for hydroxylation is 6. The van der Waals surface area contributed by atoms with Gasteiger partial charge in [-0.05, 0) is 122 Å². The molecule has 0 unspecified atom stereocenters. The molecule has 0 atom stereocenters. The van der Waals surface area contributed by atoms with Crippen LogP contribution in [0.4, 0.5) is 11.4 Å².